The second-order valence-electron chi connectivity index (χ2n) is 4.66. The summed E-state index contributed by atoms with van der Waals surface area (Å²) in [6.07, 6.45) is -5.26. The maximum absolute atomic E-state index is 12.6. The number of hydrogen-bond acceptors (Lipinski definition) is 3. The minimum atomic E-state index is -5.26. The highest BCUT2D eigenvalue weighted by molar-refractivity contribution is 5.92. The van der Waals surface area contributed by atoms with Crippen LogP contribution < -0.4 is 5.73 Å². The first-order chi connectivity index (χ1) is 10.8. The van der Waals surface area contributed by atoms with Crippen molar-refractivity contribution < 1.29 is 27.5 Å². The van der Waals surface area contributed by atoms with Gasteiger partial charge in [-0.1, -0.05) is 60.7 Å². The van der Waals surface area contributed by atoms with Crippen molar-refractivity contribution in [2.24, 2.45) is 5.73 Å². The van der Waals surface area contributed by atoms with E-state index in [-0.39, 0.29) is 11.1 Å². The van der Waals surface area contributed by atoms with E-state index in [2.05, 4.69) is 4.74 Å². The van der Waals surface area contributed by atoms with Crippen molar-refractivity contribution in [2.45, 2.75) is 11.8 Å². The van der Waals surface area contributed by atoms with Crippen molar-refractivity contribution in [2.75, 3.05) is 0 Å². The molecule has 0 radical (unpaired) electrons. The molecule has 2 aromatic carbocycles. The Bertz CT molecular complexity index is 660. The highest BCUT2D eigenvalue weighted by atomic mass is 19.4. The van der Waals surface area contributed by atoms with Crippen molar-refractivity contribution in [1.82, 2.24) is 0 Å². The number of primary amides is 1. The van der Waals surface area contributed by atoms with Crippen LogP contribution in [-0.2, 0) is 19.9 Å². The molecular formula is C16H12F3NO3. The van der Waals surface area contributed by atoms with Gasteiger partial charge in [-0.2, -0.15) is 13.2 Å². The summed E-state index contributed by atoms with van der Waals surface area (Å²) in [6.45, 7) is 0. The molecule has 0 saturated heterocycles. The van der Waals surface area contributed by atoms with Crippen LogP contribution in [0.3, 0.4) is 0 Å². The van der Waals surface area contributed by atoms with Crippen LogP contribution in [0.15, 0.2) is 60.7 Å². The lowest BCUT2D eigenvalue weighted by Crippen LogP contribution is -2.48. The van der Waals surface area contributed by atoms with E-state index in [1.54, 1.807) is 12.1 Å². The Morgan fingerprint density at radius 3 is 1.52 bits per heavy atom. The Morgan fingerprint density at radius 2 is 1.22 bits per heavy atom. The Hall–Kier alpha value is -2.83. The second-order valence-corrected chi connectivity index (χ2v) is 4.66. The van der Waals surface area contributed by atoms with Crippen LogP contribution >= 0.6 is 0 Å². The Balaban J connectivity index is 2.67. The van der Waals surface area contributed by atoms with E-state index in [1.165, 1.54) is 48.5 Å². The van der Waals surface area contributed by atoms with Crippen LogP contribution in [0.5, 0.6) is 0 Å². The Labute approximate surface area is 129 Å². The molecule has 2 N–H and O–H groups in total. The first-order valence-electron chi connectivity index (χ1n) is 6.49. The predicted octanol–water partition coefficient (Wildman–Crippen LogP) is 2.52. The number of esters is 1. The van der Waals surface area contributed by atoms with E-state index < -0.39 is 23.7 Å². The number of carbonyl (C=O) groups excluding carboxylic acids is 2. The molecule has 0 fully saturated rings. The normalized spacial score (nSPS) is 11.8. The zero-order valence-corrected chi connectivity index (χ0v) is 11.7. The summed E-state index contributed by atoms with van der Waals surface area (Å²) in [6, 6.07) is 14.6. The summed E-state index contributed by atoms with van der Waals surface area (Å²) < 4.78 is 42.5. The molecule has 120 valence electrons. The van der Waals surface area contributed by atoms with Gasteiger partial charge in [-0.15, -0.1) is 0 Å². The second kappa shape index (κ2) is 6.12. The van der Waals surface area contributed by atoms with Crippen molar-refractivity contribution in [3.63, 3.8) is 0 Å². The summed E-state index contributed by atoms with van der Waals surface area (Å²) in [7, 11) is 0. The molecule has 7 heteroatoms. The summed E-state index contributed by atoms with van der Waals surface area (Å²) >= 11 is 0. The first kappa shape index (κ1) is 16.5. The fourth-order valence-electron chi connectivity index (χ4n) is 2.16. The fourth-order valence-corrected chi connectivity index (χ4v) is 2.16. The number of carbonyl (C=O) groups is 2. The molecule has 2 aromatic rings. The van der Waals surface area contributed by atoms with Crippen molar-refractivity contribution in [1.29, 1.82) is 0 Å². The number of ether oxygens (including phenoxy) is 1. The van der Waals surface area contributed by atoms with Crippen LogP contribution in [0.25, 0.3) is 0 Å². The van der Waals surface area contributed by atoms with Crippen LogP contribution in [0, 0.1) is 0 Å². The summed E-state index contributed by atoms with van der Waals surface area (Å²) in [5, 5.41) is 0. The van der Waals surface area contributed by atoms with Crippen LogP contribution in [0.4, 0.5) is 13.2 Å². The van der Waals surface area contributed by atoms with Gasteiger partial charge in [0.15, 0.2) is 0 Å². The molecule has 1 amide bonds. The molecule has 0 aliphatic carbocycles. The van der Waals surface area contributed by atoms with Crippen molar-refractivity contribution in [3.8, 4) is 0 Å². The van der Waals surface area contributed by atoms with E-state index >= 15 is 0 Å². The monoisotopic (exact) mass is 323 g/mol. The van der Waals surface area contributed by atoms with Gasteiger partial charge < -0.3 is 10.5 Å². The highest BCUT2D eigenvalue weighted by Crippen LogP contribution is 2.35. The minimum Gasteiger partial charge on any atom is -0.432 e. The van der Waals surface area contributed by atoms with Gasteiger partial charge in [0.05, 0.1) is 0 Å². The fraction of sp³-hybridized carbons (Fsp3) is 0.125. The minimum absolute atomic E-state index is 0.0244. The van der Waals surface area contributed by atoms with Crippen LogP contribution in [0.1, 0.15) is 11.1 Å². The molecule has 2 rings (SSSR count). The molecule has 0 spiro atoms. The molecule has 0 aromatic heterocycles. The molecule has 0 aliphatic rings. The number of benzene rings is 2. The van der Waals surface area contributed by atoms with Gasteiger partial charge in [0, 0.05) is 11.1 Å². The maximum atomic E-state index is 12.6. The molecule has 0 unspecified atom stereocenters. The van der Waals surface area contributed by atoms with Gasteiger partial charge >= 0.3 is 12.1 Å². The predicted molar refractivity (Wildman–Crippen MR) is 75.0 cm³/mol. The quantitative estimate of drug-likeness (QED) is 0.879. The van der Waals surface area contributed by atoms with Gasteiger partial charge in [-0.3, -0.25) is 4.79 Å². The topological polar surface area (TPSA) is 69.4 Å². The molecule has 0 atom stereocenters. The van der Waals surface area contributed by atoms with E-state index in [9.17, 15) is 22.8 Å². The lowest BCUT2D eigenvalue weighted by atomic mass is 9.85. The zero-order chi connectivity index (χ0) is 17.1. The third kappa shape index (κ3) is 3.18. The molecular weight excluding hydrogens is 311 g/mol. The van der Waals surface area contributed by atoms with Gasteiger partial charge in [-0.05, 0) is 0 Å². The van der Waals surface area contributed by atoms with Gasteiger partial charge in [0.25, 0.3) is 5.91 Å². The van der Waals surface area contributed by atoms with Gasteiger partial charge in [0.1, 0.15) is 0 Å². The average molecular weight is 323 g/mol. The number of hydrogen-bond donors (Lipinski definition) is 1. The number of halogens is 3. The van der Waals surface area contributed by atoms with E-state index in [1.807, 2.05) is 0 Å². The largest absolute Gasteiger partial charge is 0.490 e. The standard InChI is InChI=1S/C16H12F3NO3/c17-16(18,19)14(22)23-15(13(20)21,11-7-3-1-4-8-11)12-9-5-2-6-10-12/h1-10H,(H2,20,21). The van der Waals surface area contributed by atoms with Gasteiger partial charge in [-0.25, -0.2) is 4.79 Å². The van der Waals surface area contributed by atoms with Crippen molar-refractivity contribution >= 4 is 11.9 Å². The maximum Gasteiger partial charge on any atom is 0.490 e. The number of nitrogens with two attached hydrogens (primary N) is 1. The number of rotatable bonds is 4. The summed E-state index contributed by atoms with van der Waals surface area (Å²) in [5.41, 5.74) is 3.03. The van der Waals surface area contributed by atoms with Gasteiger partial charge in [0.2, 0.25) is 5.60 Å². The lowest BCUT2D eigenvalue weighted by Gasteiger charge is -2.31. The number of amides is 1. The molecule has 0 bridgehead atoms. The van der Waals surface area contributed by atoms with Crippen molar-refractivity contribution in [3.05, 3.63) is 71.8 Å². The third-order valence-corrected chi connectivity index (χ3v) is 3.18. The summed E-state index contributed by atoms with van der Waals surface area (Å²) in [4.78, 5) is 23.4. The van der Waals surface area contributed by atoms with Crippen LogP contribution in [0.2, 0.25) is 0 Å². The first-order valence-corrected chi connectivity index (χ1v) is 6.49. The molecule has 0 aliphatic heterocycles. The summed E-state index contributed by atoms with van der Waals surface area (Å²) in [5.74, 6) is -3.73. The van der Waals surface area contributed by atoms with E-state index in [4.69, 9.17) is 5.73 Å². The van der Waals surface area contributed by atoms with Crippen LogP contribution in [-0.4, -0.2) is 18.1 Å². The smallest absolute Gasteiger partial charge is 0.432 e. The third-order valence-electron chi connectivity index (χ3n) is 3.18. The average Bonchev–Trinajstić information content (AvgIpc) is 2.52. The lowest BCUT2D eigenvalue weighted by molar-refractivity contribution is -0.211. The Kier molecular flexibility index (Phi) is 4.40. The molecule has 0 saturated carbocycles. The van der Waals surface area contributed by atoms with E-state index in [0.29, 0.717) is 0 Å². The molecule has 4 nitrogen and oxygen atoms in total. The number of alkyl halides is 3. The highest BCUT2D eigenvalue weighted by Gasteiger charge is 2.51. The van der Waals surface area contributed by atoms with E-state index in [0.717, 1.165) is 0 Å². The molecule has 0 heterocycles. The zero-order valence-electron chi connectivity index (χ0n) is 11.7. The SMILES string of the molecule is NC(=O)C(OC(=O)C(F)(F)F)(c1ccccc1)c1ccccc1. The molecule has 23 heavy (non-hydrogen) atoms. The Morgan fingerprint density at radius 1 is 0.826 bits per heavy atom.